The first-order valence-corrected chi connectivity index (χ1v) is 7.19. The predicted molar refractivity (Wildman–Crippen MR) is 89.5 cm³/mol. The Morgan fingerprint density at radius 3 is 2.19 bits per heavy atom. The summed E-state index contributed by atoms with van der Waals surface area (Å²) < 4.78 is 0. The summed E-state index contributed by atoms with van der Waals surface area (Å²) in [6.07, 6.45) is 6.68. The van der Waals surface area contributed by atoms with Crippen LogP contribution < -0.4 is 11.5 Å². The summed E-state index contributed by atoms with van der Waals surface area (Å²) in [5, 5.41) is 0. The Balaban J connectivity index is 2.03. The van der Waals surface area contributed by atoms with Gasteiger partial charge in [-0.3, -0.25) is 0 Å². The zero-order chi connectivity index (χ0) is 14.9. The van der Waals surface area contributed by atoms with E-state index >= 15 is 0 Å². The molecule has 0 heterocycles. The molecule has 0 saturated carbocycles. The van der Waals surface area contributed by atoms with Crippen molar-refractivity contribution in [2.75, 3.05) is 0 Å². The molecule has 1 aliphatic rings. The number of allylic oxidation sites excluding steroid dienone is 2. The molecule has 0 fully saturated rings. The fourth-order valence-corrected chi connectivity index (χ4v) is 2.59. The van der Waals surface area contributed by atoms with Gasteiger partial charge >= 0.3 is 0 Å². The fourth-order valence-electron chi connectivity index (χ4n) is 2.59. The second-order valence-corrected chi connectivity index (χ2v) is 5.72. The van der Waals surface area contributed by atoms with E-state index in [1.165, 1.54) is 27.8 Å². The minimum atomic E-state index is -0.720. The molecule has 3 rings (SSSR count). The first-order chi connectivity index (χ1) is 10.1. The van der Waals surface area contributed by atoms with Gasteiger partial charge in [0.05, 0.1) is 5.66 Å². The molecule has 0 amide bonds. The van der Waals surface area contributed by atoms with E-state index in [9.17, 15) is 0 Å². The van der Waals surface area contributed by atoms with Crippen molar-refractivity contribution in [3.63, 3.8) is 0 Å². The molecule has 2 aromatic carbocycles. The summed E-state index contributed by atoms with van der Waals surface area (Å²) in [5.41, 5.74) is 17.3. The molecule has 1 aliphatic carbocycles. The molecule has 0 saturated heterocycles. The van der Waals surface area contributed by atoms with Crippen molar-refractivity contribution in [1.82, 2.24) is 0 Å². The molecule has 0 spiro atoms. The van der Waals surface area contributed by atoms with Crippen LogP contribution in [-0.2, 0) is 0 Å². The first-order valence-electron chi connectivity index (χ1n) is 7.19. The zero-order valence-corrected chi connectivity index (χ0v) is 12.2. The minimum Gasteiger partial charge on any atom is -0.310 e. The van der Waals surface area contributed by atoms with Crippen molar-refractivity contribution in [2.24, 2.45) is 11.5 Å². The minimum absolute atomic E-state index is 0.654. The first kappa shape index (κ1) is 13.8. The van der Waals surface area contributed by atoms with Gasteiger partial charge in [0.1, 0.15) is 0 Å². The highest BCUT2D eigenvalue weighted by Crippen LogP contribution is 2.32. The number of hydrogen-bond donors (Lipinski definition) is 2. The maximum absolute atomic E-state index is 5.93. The molecule has 2 nitrogen and oxygen atoms in total. The summed E-state index contributed by atoms with van der Waals surface area (Å²) in [7, 11) is 0. The van der Waals surface area contributed by atoms with E-state index in [0.717, 1.165) is 0 Å². The summed E-state index contributed by atoms with van der Waals surface area (Å²) >= 11 is 0. The van der Waals surface area contributed by atoms with Gasteiger partial charge in [-0.2, -0.15) is 0 Å². The lowest BCUT2D eigenvalue weighted by molar-refractivity contribution is 0.559. The van der Waals surface area contributed by atoms with Crippen molar-refractivity contribution in [2.45, 2.75) is 19.0 Å². The highest BCUT2D eigenvalue weighted by molar-refractivity contribution is 5.86. The number of benzene rings is 2. The third kappa shape index (κ3) is 2.97. The van der Waals surface area contributed by atoms with Gasteiger partial charge in [-0.05, 0) is 35.3 Å². The second-order valence-electron chi connectivity index (χ2n) is 5.72. The van der Waals surface area contributed by atoms with Crippen LogP contribution in [0.15, 0.2) is 66.8 Å². The summed E-state index contributed by atoms with van der Waals surface area (Å²) in [6.45, 7) is 2.10. The fraction of sp³-hybridized carbons (Fsp3) is 0.158. The van der Waals surface area contributed by atoms with Crippen LogP contribution in [0.4, 0.5) is 0 Å². The van der Waals surface area contributed by atoms with Gasteiger partial charge in [0.25, 0.3) is 0 Å². The number of rotatable bonds is 2. The SMILES string of the molecule is Cc1ccc(-c2ccccc2C2=CCC(N)(N)C=C2)cc1. The molecule has 2 heteroatoms. The Labute approximate surface area is 125 Å². The Kier molecular flexibility index (Phi) is 3.50. The van der Waals surface area contributed by atoms with Gasteiger partial charge in [-0.15, -0.1) is 0 Å². The molecule has 21 heavy (non-hydrogen) atoms. The predicted octanol–water partition coefficient (Wildman–Crippen LogP) is 3.62. The summed E-state index contributed by atoms with van der Waals surface area (Å²) in [6, 6.07) is 17.0. The lowest BCUT2D eigenvalue weighted by Crippen LogP contribution is -2.47. The van der Waals surface area contributed by atoms with Crippen molar-refractivity contribution in [3.05, 3.63) is 77.9 Å². The van der Waals surface area contributed by atoms with Crippen LogP contribution in [0, 0.1) is 6.92 Å². The normalized spacial score (nSPS) is 16.6. The van der Waals surface area contributed by atoms with E-state index in [2.05, 4.69) is 61.5 Å². The van der Waals surface area contributed by atoms with Crippen LogP contribution in [0.1, 0.15) is 17.5 Å². The van der Waals surface area contributed by atoms with Crippen LogP contribution in [0.2, 0.25) is 0 Å². The molecule has 2 aromatic rings. The van der Waals surface area contributed by atoms with E-state index in [4.69, 9.17) is 11.5 Å². The van der Waals surface area contributed by atoms with Gasteiger partial charge in [0.15, 0.2) is 0 Å². The van der Waals surface area contributed by atoms with E-state index in [0.29, 0.717) is 6.42 Å². The van der Waals surface area contributed by atoms with Gasteiger partial charge < -0.3 is 11.5 Å². The van der Waals surface area contributed by atoms with Crippen LogP contribution in [-0.4, -0.2) is 5.66 Å². The molecular weight excluding hydrogens is 256 g/mol. The van der Waals surface area contributed by atoms with Gasteiger partial charge in [0.2, 0.25) is 0 Å². The maximum Gasteiger partial charge on any atom is 0.0867 e. The molecule has 0 radical (unpaired) electrons. The van der Waals surface area contributed by atoms with Gasteiger partial charge in [-0.1, -0.05) is 66.2 Å². The van der Waals surface area contributed by atoms with Crippen molar-refractivity contribution in [1.29, 1.82) is 0 Å². The number of nitrogens with two attached hydrogens (primary N) is 2. The monoisotopic (exact) mass is 276 g/mol. The lowest BCUT2D eigenvalue weighted by atomic mass is 9.89. The molecule has 4 N–H and O–H groups in total. The van der Waals surface area contributed by atoms with E-state index in [1.807, 2.05) is 12.2 Å². The molecule has 0 unspecified atom stereocenters. The van der Waals surface area contributed by atoms with Crippen molar-refractivity contribution in [3.8, 4) is 11.1 Å². The topological polar surface area (TPSA) is 52.0 Å². The van der Waals surface area contributed by atoms with Crippen LogP contribution in [0.25, 0.3) is 16.7 Å². The third-order valence-electron chi connectivity index (χ3n) is 3.85. The van der Waals surface area contributed by atoms with Crippen molar-refractivity contribution >= 4 is 5.57 Å². The van der Waals surface area contributed by atoms with Gasteiger partial charge in [-0.25, -0.2) is 0 Å². The molecule has 0 atom stereocenters. The van der Waals surface area contributed by atoms with Crippen LogP contribution in [0.5, 0.6) is 0 Å². The smallest absolute Gasteiger partial charge is 0.0867 e. The van der Waals surface area contributed by atoms with Gasteiger partial charge in [0, 0.05) is 6.42 Å². The Morgan fingerprint density at radius 1 is 0.905 bits per heavy atom. The van der Waals surface area contributed by atoms with Crippen molar-refractivity contribution < 1.29 is 0 Å². The summed E-state index contributed by atoms with van der Waals surface area (Å²) in [4.78, 5) is 0. The third-order valence-corrected chi connectivity index (χ3v) is 3.85. The van der Waals surface area contributed by atoms with E-state index < -0.39 is 5.66 Å². The lowest BCUT2D eigenvalue weighted by Gasteiger charge is -2.23. The molecule has 0 aliphatic heterocycles. The van der Waals surface area contributed by atoms with E-state index in [1.54, 1.807) is 0 Å². The highest BCUT2D eigenvalue weighted by Gasteiger charge is 2.18. The Bertz CT molecular complexity index is 707. The zero-order valence-electron chi connectivity index (χ0n) is 12.2. The van der Waals surface area contributed by atoms with E-state index in [-0.39, 0.29) is 0 Å². The maximum atomic E-state index is 5.93. The molecule has 0 bridgehead atoms. The average Bonchev–Trinajstić information content (AvgIpc) is 2.48. The summed E-state index contributed by atoms with van der Waals surface area (Å²) in [5.74, 6) is 0. The molecule has 0 aromatic heterocycles. The second kappa shape index (κ2) is 5.32. The Morgan fingerprint density at radius 2 is 1.57 bits per heavy atom. The average molecular weight is 276 g/mol. The largest absolute Gasteiger partial charge is 0.310 e. The number of hydrogen-bond acceptors (Lipinski definition) is 2. The quantitative estimate of drug-likeness (QED) is 0.823. The van der Waals surface area contributed by atoms with Crippen LogP contribution >= 0.6 is 0 Å². The van der Waals surface area contributed by atoms with Crippen LogP contribution in [0.3, 0.4) is 0 Å². The Hall–Kier alpha value is -2.16. The number of aryl methyl sites for hydroxylation is 1. The molecular formula is C19H20N2. The standard InChI is InChI=1S/C19H20N2/c1-14-6-8-15(9-7-14)17-4-2-3-5-18(17)16-10-12-19(20,21)13-11-16/h2-12H,13,20-21H2,1H3. The highest BCUT2D eigenvalue weighted by atomic mass is 14.9. The molecule has 106 valence electrons.